The summed E-state index contributed by atoms with van der Waals surface area (Å²) in [5, 5.41) is 11.3. The first-order valence-electron chi connectivity index (χ1n) is 8.36. The number of benzene rings is 1. The molecule has 0 spiro atoms. The highest BCUT2D eigenvalue weighted by atomic mass is 32.2. The fraction of sp³-hybridized carbons (Fsp3) is 0.529. The molecule has 136 valence electrons. The van der Waals surface area contributed by atoms with Gasteiger partial charge in [0.05, 0.1) is 11.9 Å². The molecule has 1 aromatic rings. The Bertz CT molecular complexity index is 782. The van der Waals surface area contributed by atoms with Crippen LogP contribution in [0.15, 0.2) is 18.2 Å². The summed E-state index contributed by atoms with van der Waals surface area (Å²) in [6, 6.07) is 3.66. The largest absolute Gasteiger partial charge is 0.493 e. The highest BCUT2D eigenvalue weighted by Crippen LogP contribution is 2.29. The number of carboxylic acids is 1. The van der Waals surface area contributed by atoms with E-state index >= 15 is 0 Å². The molecule has 0 radical (unpaired) electrons. The number of carbonyl (C=O) groups excluding carboxylic acids is 1. The van der Waals surface area contributed by atoms with E-state index < -0.39 is 38.8 Å². The molecule has 0 saturated heterocycles. The van der Waals surface area contributed by atoms with E-state index in [9.17, 15) is 23.1 Å². The number of rotatable bonds is 6. The predicted molar refractivity (Wildman–Crippen MR) is 90.2 cm³/mol. The number of hydrogen-bond donors (Lipinski definition) is 2. The molecule has 1 amide bonds. The van der Waals surface area contributed by atoms with E-state index in [0.717, 1.165) is 18.4 Å². The molecule has 1 fully saturated rings. The molecule has 1 saturated carbocycles. The lowest BCUT2D eigenvalue weighted by Gasteiger charge is -2.17. The van der Waals surface area contributed by atoms with Crippen molar-refractivity contribution < 1.29 is 27.9 Å². The predicted octanol–water partition coefficient (Wildman–Crippen LogP) is 1.22. The Morgan fingerprint density at radius 1 is 1.28 bits per heavy atom. The molecular formula is C17H21NO6S. The van der Waals surface area contributed by atoms with Crippen molar-refractivity contribution in [2.75, 3.05) is 12.4 Å². The molecule has 3 rings (SSSR count). The third kappa shape index (κ3) is 3.95. The Morgan fingerprint density at radius 3 is 2.68 bits per heavy atom. The van der Waals surface area contributed by atoms with E-state index in [1.165, 1.54) is 0 Å². The number of carboxylic acid groups (broad SMARTS) is 1. The number of amides is 1. The monoisotopic (exact) mass is 367 g/mol. The van der Waals surface area contributed by atoms with Crippen LogP contribution in [0.3, 0.4) is 0 Å². The number of aliphatic carboxylic acids is 1. The molecule has 2 N–H and O–H groups in total. The van der Waals surface area contributed by atoms with Crippen LogP contribution in [0.2, 0.25) is 0 Å². The molecule has 1 unspecified atom stereocenters. The highest BCUT2D eigenvalue weighted by molar-refractivity contribution is 7.92. The van der Waals surface area contributed by atoms with Crippen LogP contribution in [0.5, 0.6) is 5.75 Å². The van der Waals surface area contributed by atoms with Crippen LogP contribution in [-0.2, 0) is 25.8 Å². The van der Waals surface area contributed by atoms with Crippen molar-refractivity contribution in [2.45, 2.75) is 43.4 Å². The molecule has 1 aromatic carbocycles. The van der Waals surface area contributed by atoms with E-state index in [4.69, 9.17) is 4.74 Å². The van der Waals surface area contributed by atoms with Gasteiger partial charge in [0.15, 0.2) is 15.9 Å². The number of ether oxygens (including phenoxy) is 1. The summed E-state index contributed by atoms with van der Waals surface area (Å²) in [7, 11) is -3.55. The van der Waals surface area contributed by atoms with Gasteiger partial charge in [0.1, 0.15) is 11.5 Å². The van der Waals surface area contributed by atoms with Crippen molar-refractivity contribution in [1.82, 2.24) is 5.32 Å². The van der Waals surface area contributed by atoms with Gasteiger partial charge in [-0.3, -0.25) is 4.79 Å². The molecule has 25 heavy (non-hydrogen) atoms. The van der Waals surface area contributed by atoms with Crippen LogP contribution in [0.1, 0.15) is 42.9 Å². The first kappa shape index (κ1) is 17.7. The summed E-state index contributed by atoms with van der Waals surface area (Å²) in [6.07, 6.45) is 3.52. The molecule has 1 atom stereocenters. The second-order valence-corrected chi connectivity index (χ2v) is 8.80. The average Bonchev–Trinajstić information content (AvgIpc) is 3.22. The van der Waals surface area contributed by atoms with E-state index in [2.05, 4.69) is 5.32 Å². The van der Waals surface area contributed by atoms with Gasteiger partial charge in [-0.15, -0.1) is 0 Å². The molecule has 2 aliphatic rings. The normalized spacial score (nSPS) is 18.4. The molecule has 8 heteroatoms. The van der Waals surface area contributed by atoms with Gasteiger partial charge in [0, 0.05) is 6.42 Å². The number of nitrogens with one attached hydrogen (secondary N) is 1. The first-order valence-corrected chi connectivity index (χ1v) is 10.1. The Morgan fingerprint density at radius 2 is 2.00 bits per heavy atom. The lowest BCUT2D eigenvalue weighted by molar-refractivity contribution is -0.141. The second kappa shape index (κ2) is 7.03. The summed E-state index contributed by atoms with van der Waals surface area (Å²) in [5.74, 6) is -1.97. The highest BCUT2D eigenvalue weighted by Gasteiger charge is 2.32. The number of hydrogen-bond acceptors (Lipinski definition) is 5. The number of carbonyl (C=O) groups is 2. The standard InChI is InChI=1S/C17H21NO6S/c19-15(10-25(22,23)13-3-1-2-4-13)18-16(17(20)21)12-5-6-14-11(9-12)7-8-24-14/h5-6,9,13,16H,1-4,7-8,10H2,(H,18,19)(H,20,21). The fourth-order valence-corrected chi connectivity index (χ4v) is 5.16. The molecule has 7 nitrogen and oxygen atoms in total. The van der Waals surface area contributed by atoms with E-state index in [0.29, 0.717) is 37.2 Å². The first-order chi connectivity index (χ1) is 11.9. The minimum absolute atomic E-state index is 0.406. The Balaban J connectivity index is 1.71. The number of sulfone groups is 1. The molecule has 1 heterocycles. The van der Waals surface area contributed by atoms with Gasteiger partial charge in [-0.2, -0.15) is 0 Å². The second-order valence-electron chi connectivity index (χ2n) is 6.52. The summed E-state index contributed by atoms with van der Waals surface area (Å²) < 4.78 is 29.9. The lowest BCUT2D eigenvalue weighted by Crippen LogP contribution is -2.39. The quantitative estimate of drug-likeness (QED) is 0.782. The fourth-order valence-electron chi connectivity index (χ4n) is 3.42. The molecule has 0 bridgehead atoms. The smallest absolute Gasteiger partial charge is 0.330 e. The van der Waals surface area contributed by atoms with Crippen molar-refractivity contribution in [3.63, 3.8) is 0 Å². The minimum Gasteiger partial charge on any atom is -0.493 e. The average molecular weight is 367 g/mol. The van der Waals surface area contributed by atoms with Gasteiger partial charge in [-0.05, 0) is 36.1 Å². The van der Waals surface area contributed by atoms with E-state index in [-0.39, 0.29) is 0 Å². The van der Waals surface area contributed by atoms with E-state index in [1.807, 2.05) is 0 Å². The van der Waals surface area contributed by atoms with Crippen LogP contribution < -0.4 is 10.1 Å². The minimum atomic E-state index is -3.55. The van der Waals surface area contributed by atoms with Gasteiger partial charge >= 0.3 is 5.97 Å². The molecular weight excluding hydrogens is 346 g/mol. The van der Waals surface area contributed by atoms with Crippen molar-refractivity contribution in [1.29, 1.82) is 0 Å². The summed E-state index contributed by atoms with van der Waals surface area (Å²) in [6.45, 7) is 0.544. The maximum atomic E-state index is 12.3. The summed E-state index contributed by atoms with van der Waals surface area (Å²) in [4.78, 5) is 23.7. The van der Waals surface area contributed by atoms with Gasteiger partial charge in [0.2, 0.25) is 5.91 Å². The van der Waals surface area contributed by atoms with Crippen LogP contribution in [0, 0.1) is 0 Å². The maximum absolute atomic E-state index is 12.3. The third-order valence-corrected chi connectivity index (χ3v) is 6.89. The van der Waals surface area contributed by atoms with Crippen molar-refractivity contribution in [3.8, 4) is 5.75 Å². The number of fused-ring (bicyclic) bond motifs is 1. The van der Waals surface area contributed by atoms with Gasteiger partial charge < -0.3 is 15.2 Å². The van der Waals surface area contributed by atoms with Crippen LogP contribution in [0.4, 0.5) is 0 Å². The Labute approximate surface area is 146 Å². The Kier molecular flexibility index (Phi) is 4.99. The zero-order valence-electron chi connectivity index (χ0n) is 13.7. The van der Waals surface area contributed by atoms with Crippen LogP contribution in [0.25, 0.3) is 0 Å². The van der Waals surface area contributed by atoms with Gasteiger partial charge in [-0.1, -0.05) is 18.9 Å². The zero-order chi connectivity index (χ0) is 18.0. The lowest BCUT2D eigenvalue weighted by atomic mass is 10.0. The van der Waals surface area contributed by atoms with Crippen molar-refractivity contribution >= 4 is 21.7 Å². The maximum Gasteiger partial charge on any atom is 0.330 e. The third-order valence-electron chi connectivity index (χ3n) is 4.74. The molecule has 1 aliphatic heterocycles. The summed E-state index contributed by atoms with van der Waals surface area (Å²) in [5.41, 5.74) is 1.29. The van der Waals surface area contributed by atoms with Crippen LogP contribution in [-0.4, -0.2) is 43.0 Å². The molecule has 1 aliphatic carbocycles. The van der Waals surface area contributed by atoms with E-state index in [1.54, 1.807) is 18.2 Å². The van der Waals surface area contributed by atoms with Gasteiger partial charge in [-0.25, -0.2) is 13.2 Å². The SMILES string of the molecule is O=C(CS(=O)(=O)C1CCCC1)NC(C(=O)O)c1ccc2c(c1)CCO2. The molecule has 0 aromatic heterocycles. The summed E-state index contributed by atoms with van der Waals surface area (Å²) >= 11 is 0. The topological polar surface area (TPSA) is 110 Å². The Hall–Kier alpha value is -2.09. The van der Waals surface area contributed by atoms with Gasteiger partial charge in [0.25, 0.3) is 0 Å². The van der Waals surface area contributed by atoms with Crippen molar-refractivity contribution in [2.24, 2.45) is 0 Å². The van der Waals surface area contributed by atoms with Crippen molar-refractivity contribution in [3.05, 3.63) is 29.3 Å². The zero-order valence-corrected chi connectivity index (χ0v) is 14.5. The van der Waals surface area contributed by atoms with Crippen LogP contribution >= 0.6 is 0 Å².